The molecule has 0 saturated carbocycles. The van der Waals surface area contributed by atoms with Gasteiger partial charge in [-0.2, -0.15) is 0 Å². The molecule has 0 saturated heterocycles. The Morgan fingerprint density at radius 1 is 1.44 bits per heavy atom. The van der Waals surface area contributed by atoms with Crippen molar-refractivity contribution in [2.24, 2.45) is 5.92 Å². The highest BCUT2D eigenvalue weighted by Crippen LogP contribution is 2.33. The standard InChI is InChI=1S/C12H12O4/c1-7-6-8-4-3-5-9(10(8)11(7)13)16-12(14)15-2/h3-5,7H,6H2,1-2H3. The lowest BCUT2D eigenvalue weighted by Crippen LogP contribution is -2.11. The molecule has 4 heteroatoms. The highest BCUT2D eigenvalue weighted by atomic mass is 16.7. The molecule has 0 bridgehead atoms. The predicted octanol–water partition coefficient (Wildman–Crippen LogP) is 2.21. The van der Waals surface area contributed by atoms with Crippen LogP contribution in [0.3, 0.4) is 0 Å². The van der Waals surface area contributed by atoms with E-state index in [1.54, 1.807) is 12.1 Å². The summed E-state index contributed by atoms with van der Waals surface area (Å²) in [6.07, 6.45) is -0.104. The normalized spacial score (nSPS) is 18.1. The van der Waals surface area contributed by atoms with Gasteiger partial charge in [-0.3, -0.25) is 4.79 Å². The van der Waals surface area contributed by atoms with Crippen LogP contribution in [0.1, 0.15) is 22.8 Å². The van der Waals surface area contributed by atoms with Crippen LogP contribution in [0.15, 0.2) is 18.2 Å². The molecule has 16 heavy (non-hydrogen) atoms. The number of hydrogen-bond donors (Lipinski definition) is 0. The van der Waals surface area contributed by atoms with Gasteiger partial charge in [0.25, 0.3) is 0 Å². The van der Waals surface area contributed by atoms with E-state index in [-0.39, 0.29) is 11.7 Å². The molecule has 0 aliphatic heterocycles. The number of rotatable bonds is 1. The fraction of sp³-hybridized carbons (Fsp3) is 0.333. The highest BCUT2D eigenvalue weighted by Gasteiger charge is 2.30. The molecular weight excluding hydrogens is 208 g/mol. The summed E-state index contributed by atoms with van der Waals surface area (Å²) in [5.74, 6) is 0.269. The molecule has 0 heterocycles. The summed E-state index contributed by atoms with van der Waals surface area (Å²) < 4.78 is 9.35. The van der Waals surface area contributed by atoms with E-state index in [0.29, 0.717) is 17.7 Å². The van der Waals surface area contributed by atoms with Crippen molar-refractivity contribution in [3.63, 3.8) is 0 Å². The third-order valence-electron chi connectivity index (χ3n) is 2.69. The second kappa shape index (κ2) is 3.96. The SMILES string of the molecule is COC(=O)Oc1cccc2c1C(=O)C(C)C2. The van der Waals surface area contributed by atoms with Gasteiger partial charge < -0.3 is 9.47 Å². The lowest BCUT2D eigenvalue weighted by Gasteiger charge is -2.06. The van der Waals surface area contributed by atoms with Crippen LogP contribution in [-0.2, 0) is 11.2 Å². The van der Waals surface area contributed by atoms with Gasteiger partial charge in [0.1, 0.15) is 5.75 Å². The molecule has 0 fully saturated rings. The maximum absolute atomic E-state index is 11.9. The number of ether oxygens (including phenoxy) is 2. The monoisotopic (exact) mass is 220 g/mol. The van der Waals surface area contributed by atoms with Crippen LogP contribution in [0, 0.1) is 5.92 Å². The Kier molecular flexibility index (Phi) is 2.64. The fourth-order valence-corrected chi connectivity index (χ4v) is 1.91. The van der Waals surface area contributed by atoms with Gasteiger partial charge in [0.15, 0.2) is 5.78 Å². The zero-order chi connectivity index (χ0) is 11.7. The van der Waals surface area contributed by atoms with Crippen molar-refractivity contribution in [3.8, 4) is 5.75 Å². The average molecular weight is 220 g/mol. The molecule has 1 atom stereocenters. The van der Waals surface area contributed by atoms with Crippen LogP contribution >= 0.6 is 0 Å². The van der Waals surface area contributed by atoms with E-state index in [9.17, 15) is 9.59 Å². The topological polar surface area (TPSA) is 52.6 Å². The Morgan fingerprint density at radius 2 is 2.19 bits per heavy atom. The number of methoxy groups -OCH3 is 1. The summed E-state index contributed by atoms with van der Waals surface area (Å²) in [4.78, 5) is 22.9. The summed E-state index contributed by atoms with van der Waals surface area (Å²) in [5, 5.41) is 0. The summed E-state index contributed by atoms with van der Waals surface area (Å²) in [6, 6.07) is 5.25. The zero-order valence-corrected chi connectivity index (χ0v) is 9.15. The number of benzene rings is 1. The highest BCUT2D eigenvalue weighted by molar-refractivity contribution is 6.04. The van der Waals surface area contributed by atoms with Crippen molar-refractivity contribution < 1.29 is 19.1 Å². The predicted molar refractivity (Wildman–Crippen MR) is 56.7 cm³/mol. The van der Waals surface area contributed by atoms with Crippen molar-refractivity contribution in [1.82, 2.24) is 0 Å². The van der Waals surface area contributed by atoms with Crippen LogP contribution < -0.4 is 4.74 Å². The van der Waals surface area contributed by atoms with Gasteiger partial charge in [-0.1, -0.05) is 19.1 Å². The minimum absolute atomic E-state index is 0.0227. The van der Waals surface area contributed by atoms with E-state index in [0.717, 1.165) is 5.56 Å². The Bertz CT molecular complexity index is 450. The smallest absolute Gasteiger partial charge is 0.437 e. The number of carbonyl (C=O) groups excluding carboxylic acids is 2. The van der Waals surface area contributed by atoms with Gasteiger partial charge in [-0.05, 0) is 18.1 Å². The Morgan fingerprint density at radius 3 is 2.88 bits per heavy atom. The maximum Gasteiger partial charge on any atom is 0.513 e. The third-order valence-corrected chi connectivity index (χ3v) is 2.69. The van der Waals surface area contributed by atoms with E-state index in [2.05, 4.69) is 4.74 Å². The van der Waals surface area contributed by atoms with Crippen LogP contribution in [-0.4, -0.2) is 19.0 Å². The van der Waals surface area contributed by atoms with Gasteiger partial charge in [-0.25, -0.2) is 4.79 Å². The van der Waals surface area contributed by atoms with Crippen LogP contribution in [0.4, 0.5) is 4.79 Å². The quantitative estimate of drug-likeness (QED) is 0.537. The van der Waals surface area contributed by atoms with E-state index < -0.39 is 6.16 Å². The van der Waals surface area contributed by atoms with Gasteiger partial charge in [0, 0.05) is 5.92 Å². The molecule has 0 spiro atoms. The van der Waals surface area contributed by atoms with Gasteiger partial charge >= 0.3 is 6.16 Å². The van der Waals surface area contributed by atoms with Crippen LogP contribution in [0.2, 0.25) is 0 Å². The van der Waals surface area contributed by atoms with Crippen molar-refractivity contribution in [1.29, 1.82) is 0 Å². The minimum Gasteiger partial charge on any atom is -0.437 e. The van der Waals surface area contributed by atoms with E-state index in [1.807, 2.05) is 13.0 Å². The van der Waals surface area contributed by atoms with Gasteiger partial charge in [0.05, 0.1) is 12.7 Å². The Balaban J connectivity index is 2.39. The first-order chi connectivity index (χ1) is 7.63. The molecule has 0 amide bonds. The summed E-state index contributed by atoms with van der Waals surface area (Å²) in [5.41, 5.74) is 1.44. The first-order valence-electron chi connectivity index (χ1n) is 5.05. The first-order valence-corrected chi connectivity index (χ1v) is 5.05. The largest absolute Gasteiger partial charge is 0.513 e. The fourth-order valence-electron chi connectivity index (χ4n) is 1.91. The molecule has 0 N–H and O–H groups in total. The second-order valence-corrected chi connectivity index (χ2v) is 3.82. The Hall–Kier alpha value is -1.84. The lowest BCUT2D eigenvalue weighted by molar-refractivity contribution is 0.0940. The molecule has 1 aliphatic carbocycles. The molecule has 1 aliphatic rings. The molecule has 4 nitrogen and oxygen atoms in total. The summed E-state index contributed by atoms with van der Waals surface area (Å²) >= 11 is 0. The van der Waals surface area contributed by atoms with Gasteiger partial charge in [-0.15, -0.1) is 0 Å². The van der Waals surface area contributed by atoms with E-state index >= 15 is 0 Å². The van der Waals surface area contributed by atoms with E-state index in [4.69, 9.17) is 4.74 Å². The third kappa shape index (κ3) is 1.66. The number of carbonyl (C=O) groups is 2. The Labute approximate surface area is 93.2 Å². The molecule has 1 unspecified atom stereocenters. The van der Waals surface area contributed by atoms with E-state index in [1.165, 1.54) is 7.11 Å². The van der Waals surface area contributed by atoms with Crippen molar-refractivity contribution >= 4 is 11.9 Å². The number of fused-ring (bicyclic) bond motifs is 1. The summed E-state index contributed by atoms with van der Waals surface area (Å²) in [6.45, 7) is 1.87. The minimum atomic E-state index is -0.805. The van der Waals surface area contributed by atoms with Crippen molar-refractivity contribution in [2.75, 3.05) is 7.11 Å². The zero-order valence-electron chi connectivity index (χ0n) is 9.15. The van der Waals surface area contributed by atoms with Gasteiger partial charge in [0.2, 0.25) is 0 Å². The summed E-state index contributed by atoms with van der Waals surface area (Å²) in [7, 11) is 1.23. The maximum atomic E-state index is 11.9. The molecule has 1 aromatic rings. The number of hydrogen-bond acceptors (Lipinski definition) is 4. The lowest BCUT2D eigenvalue weighted by atomic mass is 10.1. The molecular formula is C12H12O4. The van der Waals surface area contributed by atoms with Crippen molar-refractivity contribution in [3.05, 3.63) is 29.3 Å². The molecule has 1 aromatic carbocycles. The van der Waals surface area contributed by atoms with Crippen LogP contribution in [0.25, 0.3) is 0 Å². The molecule has 0 radical (unpaired) electrons. The molecule has 84 valence electrons. The average Bonchev–Trinajstić information content (AvgIpc) is 2.56. The second-order valence-electron chi connectivity index (χ2n) is 3.82. The first kappa shape index (κ1) is 10.7. The number of Topliss-reactive ketones (excluding diaryl/α,β-unsaturated/α-hetero) is 1. The van der Waals surface area contributed by atoms with Crippen LogP contribution in [0.5, 0.6) is 5.75 Å². The molecule has 2 rings (SSSR count). The molecule has 0 aromatic heterocycles. The number of ketones is 1. The van der Waals surface area contributed by atoms with Crippen molar-refractivity contribution in [2.45, 2.75) is 13.3 Å².